The molecular weight excluding hydrogens is 715 g/mol. The molecule has 0 fully saturated rings. The van der Waals surface area contributed by atoms with E-state index in [-0.39, 0.29) is 30.9 Å². The Balaban J connectivity index is 4.81. The van der Waals surface area contributed by atoms with Gasteiger partial charge in [0.1, 0.15) is 0 Å². The van der Waals surface area contributed by atoms with Gasteiger partial charge in [-0.05, 0) is 57.8 Å². The van der Waals surface area contributed by atoms with Gasteiger partial charge >= 0.3 is 0 Å². The highest BCUT2D eigenvalue weighted by Crippen LogP contribution is 2.13. The molecule has 0 aromatic rings. The first kappa shape index (κ1) is 53.9. The summed E-state index contributed by atoms with van der Waals surface area (Å²) in [6.45, 7) is 5.07. The molecule has 0 aliphatic heterocycles. The van der Waals surface area contributed by atoms with Gasteiger partial charge in [-0.3, -0.25) is 14.6 Å². The van der Waals surface area contributed by atoms with Crippen molar-refractivity contribution < 1.29 is 14.7 Å². The van der Waals surface area contributed by atoms with Crippen LogP contribution in [0.25, 0.3) is 0 Å². The quantitative estimate of drug-likeness (QED) is 0.00761. The molecule has 0 heterocycles. The molecule has 0 saturated heterocycles. The van der Waals surface area contributed by atoms with Gasteiger partial charge < -0.3 is 43.7 Å². The fourth-order valence-corrected chi connectivity index (χ4v) is 6.68. The summed E-state index contributed by atoms with van der Waals surface area (Å²) in [6, 6.07) is -1.37. The van der Waals surface area contributed by atoms with E-state index in [0.717, 1.165) is 44.9 Å². The van der Waals surface area contributed by atoms with Crippen molar-refractivity contribution in [2.24, 2.45) is 33.8 Å². The van der Waals surface area contributed by atoms with Crippen molar-refractivity contribution in [3.63, 3.8) is 0 Å². The summed E-state index contributed by atoms with van der Waals surface area (Å²) in [5, 5.41) is 18.2. The Hall–Kier alpha value is -3.09. The summed E-state index contributed by atoms with van der Waals surface area (Å²) in [5.41, 5.74) is 23.1. The van der Waals surface area contributed by atoms with Crippen molar-refractivity contribution in [2.45, 2.75) is 212 Å². The maximum atomic E-state index is 13.0. The Bertz CT molecular complexity index is 1080. The molecule has 2 amide bonds. The van der Waals surface area contributed by atoms with Crippen LogP contribution in [0.5, 0.6) is 0 Å². The standard InChI is InChI=1S/C45H89N9O3/c1-3-5-7-9-11-13-15-17-18-20-22-24-26-28-30-34-43(56)53-41(42(55)33-29-27-25-23-21-19-16-14-12-10-8-6-4-2)38-54(50)37-39(46)36-52-44(57)40(47)32-31-35-51-45(48)49/h17-18,29,33,37,40-42,55H,3-16,19-28,30-32,34-36,38,46-47,50H2,1-2H3,(H,52,57)(H,53,56)(H4,48,49,51)/b18-17-,33-29+,39-37-/t40?,41-,42+/m0/s1. The molecule has 1 unspecified atom stereocenters. The summed E-state index contributed by atoms with van der Waals surface area (Å²) in [6.07, 6.45) is 41.0. The van der Waals surface area contributed by atoms with Gasteiger partial charge in [0.05, 0.1) is 31.3 Å². The molecule has 0 radical (unpaired) electrons. The highest BCUT2D eigenvalue weighted by atomic mass is 16.3. The number of nitrogens with one attached hydrogen (secondary N) is 2. The predicted octanol–water partition coefficient (Wildman–Crippen LogP) is 7.60. The lowest BCUT2D eigenvalue weighted by Crippen LogP contribution is -2.50. The summed E-state index contributed by atoms with van der Waals surface area (Å²) in [5.74, 6) is 5.83. The average Bonchev–Trinajstić information content (AvgIpc) is 3.18. The maximum absolute atomic E-state index is 13.0. The van der Waals surface area contributed by atoms with Crippen molar-refractivity contribution in [3.05, 3.63) is 36.2 Å². The number of aliphatic hydroxyl groups excluding tert-OH is 1. The van der Waals surface area contributed by atoms with Crippen LogP contribution in [-0.4, -0.2) is 65.7 Å². The second-order valence-electron chi connectivity index (χ2n) is 15.9. The topological polar surface area (TPSA) is 224 Å². The van der Waals surface area contributed by atoms with Crippen molar-refractivity contribution in [3.8, 4) is 0 Å². The Morgan fingerprint density at radius 3 is 1.67 bits per heavy atom. The predicted molar refractivity (Wildman–Crippen MR) is 242 cm³/mol. The number of carbonyl (C=O) groups is 2. The van der Waals surface area contributed by atoms with E-state index in [9.17, 15) is 14.7 Å². The molecule has 0 aliphatic carbocycles. The zero-order valence-corrected chi connectivity index (χ0v) is 36.6. The van der Waals surface area contributed by atoms with Gasteiger partial charge in [-0.1, -0.05) is 154 Å². The number of aliphatic hydroxyl groups is 1. The fourth-order valence-electron chi connectivity index (χ4n) is 6.68. The summed E-state index contributed by atoms with van der Waals surface area (Å²) >= 11 is 0. The Morgan fingerprint density at radius 1 is 0.684 bits per heavy atom. The smallest absolute Gasteiger partial charge is 0.237 e. The summed E-state index contributed by atoms with van der Waals surface area (Å²) in [7, 11) is 0. The van der Waals surface area contributed by atoms with E-state index in [1.807, 2.05) is 6.08 Å². The highest BCUT2D eigenvalue weighted by Gasteiger charge is 2.21. The van der Waals surface area contributed by atoms with Gasteiger partial charge in [0.15, 0.2) is 5.96 Å². The second kappa shape index (κ2) is 39.7. The molecule has 57 heavy (non-hydrogen) atoms. The van der Waals surface area contributed by atoms with E-state index in [1.165, 1.54) is 127 Å². The lowest BCUT2D eigenvalue weighted by atomic mass is 10.0. The third-order valence-corrected chi connectivity index (χ3v) is 10.2. The molecule has 0 aromatic heterocycles. The van der Waals surface area contributed by atoms with E-state index in [0.29, 0.717) is 31.5 Å². The van der Waals surface area contributed by atoms with E-state index >= 15 is 0 Å². The summed E-state index contributed by atoms with van der Waals surface area (Å²) < 4.78 is 0. The van der Waals surface area contributed by atoms with Crippen LogP contribution in [0, 0.1) is 0 Å². The Labute approximate surface area is 348 Å². The van der Waals surface area contributed by atoms with Crippen molar-refractivity contribution in [2.75, 3.05) is 19.6 Å². The third kappa shape index (κ3) is 37.0. The molecule has 12 heteroatoms. The minimum absolute atomic E-state index is 0.000577. The monoisotopic (exact) mass is 804 g/mol. The number of guanidine groups is 1. The van der Waals surface area contributed by atoms with Crippen molar-refractivity contribution in [1.82, 2.24) is 15.6 Å². The molecule has 0 bridgehead atoms. The second-order valence-corrected chi connectivity index (χ2v) is 15.9. The van der Waals surface area contributed by atoms with Crippen LogP contribution in [0.2, 0.25) is 0 Å². The van der Waals surface area contributed by atoms with Crippen LogP contribution in [0.3, 0.4) is 0 Å². The lowest BCUT2D eigenvalue weighted by molar-refractivity contribution is -0.123. The minimum Gasteiger partial charge on any atom is -0.399 e. The molecule has 0 rings (SSSR count). The molecule has 0 spiro atoms. The van der Waals surface area contributed by atoms with E-state index in [1.54, 1.807) is 6.08 Å². The van der Waals surface area contributed by atoms with Crippen LogP contribution in [0.15, 0.2) is 41.2 Å². The van der Waals surface area contributed by atoms with Gasteiger partial charge in [0.25, 0.3) is 0 Å². The third-order valence-electron chi connectivity index (χ3n) is 10.2. The number of hydrogen-bond donors (Lipinski definition) is 8. The van der Waals surface area contributed by atoms with Gasteiger partial charge in [-0.2, -0.15) is 0 Å². The zero-order valence-electron chi connectivity index (χ0n) is 36.6. The minimum atomic E-state index is -0.923. The number of carbonyl (C=O) groups excluding carboxylic acids is 2. The number of hydrazine groups is 1. The maximum Gasteiger partial charge on any atom is 0.237 e. The first-order valence-electron chi connectivity index (χ1n) is 23.0. The largest absolute Gasteiger partial charge is 0.399 e. The number of unbranched alkanes of at least 4 members (excludes halogenated alkanes) is 22. The van der Waals surface area contributed by atoms with E-state index in [2.05, 4.69) is 41.6 Å². The van der Waals surface area contributed by atoms with Crippen LogP contribution < -0.4 is 39.4 Å². The first-order valence-corrected chi connectivity index (χ1v) is 23.0. The van der Waals surface area contributed by atoms with Crippen LogP contribution in [0.4, 0.5) is 0 Å². The first-order chi connectivity index (χ1) is 27.6. The molecule has 13 N–H and O–H groups in total. The molecule has 332 valence electrons. The number of amides is 2. The van der Waals surface area contributed by atoms with Crippen molar-refractivity contribution >= 4 is 17.8 Å². The van der Waals surface area contributed by atoms with E-state index in [4.69, 9.17) is 28.8 Å². The van der Waals surface area contributed by atoms with Gasteiger partial charge in [0, 0.05) is 24.9 Å². The zero-order chi connectivity index (χ0) is 42.2. The Kier molecular flexibility index (Phi) is 37.6. The molecule has 3 atom stereocenters. The lowest BCUT2D eigenvalue weighted by Gasteiger charge is -2.27. The Morgan fingerprint density at radius 2 is 1.16 bits per heavy atom. The molecule has 0 aromatic carbocycles. The number of hydrogen-bond acceptors (Lipinski definition) is 8. The average molecular weight is 804 g/mol. The molecular formula is C45H89N9O3. The van der Waals surface area contributed by atoms with Gasteiger partial charge in [-0.15, -0.1) is 0 Å². The number of rotatable bonds is 40. The normalized spacial score (nSPS) is 13.5. The highest BCUT2D eigenvalue weighted by molar-refractivity contribution is 5.81. The summed E-state index contributed by atoms with van der Waals surface area (Å²) in [4.78, 5) is 29.3. The van der Waals surface area contributed by atoms with Crippen LogP contribution in [0.1, 0.15) is 194 Å². The SMILES string of the molecule is CCCCCCCC/C=C\CCCCCCCC(=O)N[C@@H](CN(N)/C=C(\N)CNC(=O)C(N)CCCN=C(N)N)[C@H](O)/C=C/CCCCCCCCCCCCC. The van der Waals surface area contributed by atoms with Gasteiger partial charge in [0.2, 0.25) is 11.8 Å². The fraction of sp³-hybridized carbons (Fsp3) is 0.800. The number of allylic oxidation sites excluding steroid dienone is 3. The van der Waals surface area contributed by atoms with Crippen molar-refractivity contribution in [1.29, 1.82) is 0 Å². The number of nitrogens with zero attached hydrogens (tertiary/aromatic N) is 2. The number of nitrogens with two attached hydrogens (primary N) is 5. The molecule has 0 aliphatic rings. The molecule has 0 saturated carbocycles. The van der Waals surface area contributed by atoms with Gasteiger partial charge in [-0.25, -0.2) is 5.84 Å². The van der Waals surface area contributed by atoms with E-state index < -0.39 is 18.2 Å². The van der Waals surface area contributed by atoms with Crippen LogP contribution >= 0.6 is 0 Å². The molecule has 12 nitrogen and oxygen atoms in total. The van der Waals surface area contributed by atoms with Crippen LogP contribution in [-0.2, 0) is 9.59 Å². The number of aliphatic imine (C=N–C) groups is 1.